The molecule has 0 N–H and O–H groups in total. The Morgan fingerprint density at radius 3 is 2.09 bits per heavy atom. The van der Waals surface area contributed by atoms with Crippen molar-refractivity contribution < 1.29 is 4.74 Å². The molecule has 5 nitrogen and oxygen atoms in total. The maximum Gasteiger partial charge on any atom is 0.203 e. The topological polar surface area (TPSA) is 60.8 Å². The van der Waals surface area contributed by atoms with E-state index in [1.807, 2.05) is 36.4 Å². The SMILES string of the molecule is COc1ccc(Cc2nnc(-c3ccc(Cl)cc3)nn2)cc1. The predicted octanol–water partition coefficient (Wildman–Crippen LogP) is 3.19. The molecule has 0 fully saturated rings. The number of hydrogen-bond acceptors (Lipinski definition) is 5. The molecule has 0 radical (unpaired) electrons. The lowest BCUT2D eigenvalue weighted by Crippen LogP contribution is -2.03. The highest BCUT2D eigenvalue weighted by atomic mass is 35.5. The molecule has 3 aromatic rings. The van der Waals surface area contributed by atoms with Crippen molar-refractivity contribution in [3.8, 4) is 17.1 Å². The van der Waals surface area contributed by atoms with E-state index in [2.05, 4.69) is 20.4 Å². The molecular formula is C16H13ClN4O. The van der Waals surface area contributed by atoms with Crippen LogP contribution in [0, 0.1) is 0 Å². The lowest BCUT2D eigenvalue weighted by atomic mass is 10.1. The van der Waals surface area contributed by atoms with E-state index >= 15 is 0 Å². The van der Waals surface area contributed by atoms with Crippen LogP contribution in [0.25, 0.3) is 11.4 Å². The van der Waals surface area contributed by atoms with Gasteiger partial charge in [-0.3, -0.25) is 0 Å². The van der Waals surface area contributed by atoms with Crippen LogP contribution in [0.2, 0.25) is 5.02 Å². The van der Waals surface area contributed by atoms with Crippen LogP contribution in [0.1, 0.15) is 11.4 Å². The fourth-order valence-electron chi connectivity index (χ4n) is 1.96. The molecule has 0 bridgehead atoms. The molecule has 0 unspecified atom stereocenters. The Labute approximate surface area is 133 Å². The first-order valence-electron chi connectivity index (χ1n) is 6.70. The van der Waals surface area contributed by atoms with Gasteiger partial charge >= 0.3 is 0 Å². The van der Waals surface area contributed by atoms with Gasteiger partial charge in [0.1, 0.15) is 5.75 Å². The summed E-state index contributed by atoms with van der Waals surface area (Å²) < 4.78 is 5.13. The molecule has 0 spiro atoms. The maximum absolute atomic E-state index is 5.86. The normalized spacial score (nSPS) is 10.5. The van der Waals surface area contributed by atoms with E-state index in [-0.39, 0.29) is 0 Å². The van der Waals surface area contributed by atoms with Crippen LogP contribution < -0.4 is 4.74 Å². The average molecular weight is 313 g/mol. The summed E-state index contributed by atoms with van der Waals surface area (Å²) in [4.78, 5) is 0. The minimum atomic E-state index is 0.482. The van der Waals surface area contributed by atoms with E-state index in [1.165, 1.54) is 0 Å². The quantitative estimate of drug-likeness (QED) is 0.740. The van der Waals surface area contributed by atoms with E-state index in [4.69, 9.17) is 16.3 Å². The smallest absolute Gasteiger partial charge is 0.203 e. The van der Waals surface area contributed by atoms with Gasteiger partial charge < -0.3 is 4.74 Å². The molecule has 0 aliphatic heterocycles. The number of halogens is 1. The average Bonchev–Trinajstić information content (AvgIpc) is 2.57. The highest BCUT2D eigenvalue weighted by Gasteiger charge is 2.05. The largest absolute Gasteiger partial charge is 0.497 e. The van der Waals surface area contributed by atoms with Gasteiger partial charge in [0.25, 0.3) is 0 Å². The second-order valence-corrected chi connectivity index (χ2v) is 5.11. The Balaban J connectivity index is 1.74. The first kappa shape index (κ1) is 14.4. The summed E-state index contributed by atoms with van der Waals surface area (Å²) in [6, 6.07) is 15.0. The molecule has 0 aliphatic rings. The highest BCUT2D eigenvalue weighted by molar-refractivity contribution is 6.30. The predicted molar refractivity (Wildman–Crippen MR) is 83.9 cm³/mol. The van der Waals surface area contributed by atoms with E-state index in [9.17, 15) is 0 Å². The summed E-state index contributed by atoms with van der Waals surface area (Å²) in [7, 11) is 1.64. The molecule has 0 atom stereocenters. The number of hydrogen-bond donors (Lipinski definition) is 0. The Morgan fingerprint density at radius 1 is 0.864 bits per heavy atom. The Morgan fingerprint density at radius 2 is 1.50 bits per heavy atom. The summed E-state index contributed by atoms with van der Waals surface area (Å²) >= 11 is 5.86. The van der Waals surface area contributed by atoms with Gasteiger partial charge in [-0.15, -0.1) is 20.4 Å². The van der Waals surface area contributed by atoms with Crippen molar-refractivity contribution in [1.82, 2.24) is 20.4 Å². The molecule has 6 heteroatoms. The lowest BCUT2D eigenvalue weighted by Gasteiger charge is -2.03. The Kier molecular flexibility index (Phi) is 4.25. The first-order valence-corrected chi connectivity index (χ1v) is 7.07. The number of benzene rings is 2. The van der Waals surface area contributed by atoms with E-state index in [0.717, 1.165) is 16.9 Å². The summed E-state index contributed by atoms with van der Waals surface area (Å²) in [5.74, 6) is 1.87. The van der Waals surface area contributed by atoms with Crippen LogP contribution in [-0.2, 0) is 6.42 Å². The van der Waals surface area contributed by atoms with E-state index in [1.54, 1.807) is 19.2 Å². The zero-order chi connectivity index (χ0) is 15.4. The molecule has 2 aromatic carbocycles. The second kappa shape index (κ2) is 6.49. The monoisotopic (exact) mass is 312 g/mol. The van der Waals surface area contributed by atoms with Gasteiger partial charge in [0.2, 0.25) is 5.82 Å². The van der Waals surface area contributed by atoms with Crippen LogP contribution >= 0.6 is 11.6 Å². The lowest BCUT2D eigenvalue weighted by molar-refractivity contribution is 0.414. The molecule has 1 aromatic heterocycles. The molecule has 3 rings (SSSR count). The zero-order valence-corrected chi connectivity index (χ0v) is 12.7. The van der Waals surface area contributed by atoms with Crippen LogP contribution in [0.5, 0.6) is 5.75 Å². The van der Waals surface area contributed by atoms with Crippen molar-refractivity contribution >= 4 is 11.6 Å². The van der Waals surface area contributed by atoms with Crippen LogP contribution in [-0.4, -0.2) is 27.5 Å². The fraction of sp³-hybridized carbons (Fsp3) is 0.125. The van der Waals surface area contributed by atoms with Gasteiger partial charge in [0, 0.05) is 17.0 Å². The minimum Gasteiger partial charge on any atom is -0.497 e. The molecule has 0 aliphatic carbocycles. The molecular weight excluding hydrogens is 300 g/mol. The second-order valence-electron chi connectivity index (χ2n) is 4.67. The van der Waals surface area contributed by atoms with Gasteiger partial charge in [-0.05, 0) is 42.0 Å². The van der Waals surface area contributed by atoms with E-state index < -0.39 is 0 Å². The summed E-state index contributed by atoms with van der Waals surface area (Å²) in [6.45, 7) is 0. The molecule has 110 valence electrons. The number of methoxy groups -OCH3 is 1. The zero-order valence-electron chi connectivity index (χ0n) is 11.9. The number of ether oxygens (including phenoxy) is 1. The molecule has 1 heterocycles. The minimum absolute atomic E-state index is 0.482. The van der Waals surface area contributed by atoms with Crippen LogP contribution in [0.4, 0.5) is 0 Å². The van der Waals surface area contributed by atoms with Crippen molar-refractivity contribution in [2.75, 3.05) is 7.11 Å². The summed E-state index contributed by atoms with van der Waals surface area (Å²) in [5.41, 5.74) is 1.91. The van der Waals surface area contributed by atoms with Crippen molar-refractivity contribution in [3.05, 3.63) is 64.9 Å². The summed E-state index contributed by atoms with van der Waals surface area (Å²) in [5, 5.41) is 17.2. The molecule has 0 saturated heterocycles. The van der Waals surface area contributed by atoms with Gasteiger partial charge in [-0.1, -0.05) is 23.7 Å². The number of nitrogens with zero attached hydrogens (tertiary/aromatic N) is 4. The first-order chi connectivity index (χ1) is 10.7. The van der Waals surface area contributed by atoms with Crippen LogP contribution in [0.3, 0.4) is 0 Å². The Bertz CT molecular complexity index is 743. The van der Waals surface area contributed by atoms with Crippen molar-refractivity contribution in [2.24, 2.45) is 0 Å². The third-order valence-electron chi connectivity index (χ3n) is 3.14. The van der Waals surface area contributed by atoms with E-state index in [0.29, 0.717) is 23.1 Å². The molecule has 22 heavy (non-hydrogen) atoms. The molecule has 0 saturated carbocycles. The van der Waals surface area contributed by atoms with Crippen molar-refractivity contribution in [1.29, 1.82) is 0 Å². The van der Waals surface area contributed by atoms with Crippen LogP contribution in [0.15, 0.2) is 48.5 Å². The number of rotatable bonds is 4. The molecule has 0 amide bonds. The highest BCUT2D eigenvalue weighted by Crippen LogP contribution is 2.17. The Hall–Kier alpha value is -2.53. The van der Waals surface area contributed by atoms with Gasteiger partial charge in [0.15, 0.2) is 5.82 Å². The van der Waals surface area contributed by atoms with Crippen molar-refractivity contribution in [2.45, 2.75) is 6.42 Å². The van der Waals surface area contributed by atoms with Crippen molar-refractivity contribution in [3.63, 3.8) is 0 Å². The van der Waals surface area contributed by atoms with Gasteiger partial charge in [0.05, 0.1) is 7.11 Å². The third kappa shape index (κ3) is 3.38. The maximum atomic E-state index is 5.86. The van der Waals surface area contributed by atoms with Gasteiger partial charge in [-0.25, -0.2) is 0 Å². The summed E-state index contributed by atoms with van der Waals surface area (Å²) in [6.07, 6.45) is 0.574. The third-order valence-corrected chi connectivity index (χ3v) is 3.40. The van der Waals surface area contributed by atoms with Gasteiger partial charge in [-0.2, -0.15) is 0 Å². The standard InChI is InChI=1S/C16H13ClN4O/c1-22-14-8-2-11(3-9-14)10-15-18-20-16(21-19-15)12-4-6-13(17)7-5-12/h2-9H,10H2,1H3. The number of aromatic nitrogens is 4. The fourth-order valence-corrected chi connectivity index (χ4v) is 2.09.